The number of halogens is 4. The molecule has 1 fully saturated rings. The van der Waals surface area contributed by atoms with Gasteiger partial charge in [-0.25, -0.2) is 18.2 Å². The summed E-state index contributed by atoms with van der Waals surface area (Å²) in [5, 5.41) is 2.59. The van der Waals surface area contributed by atoms with Crippen LogP contribution in [0.4, 0.5) is 18.0 Å². The third-order valence-corrected chi connectivity index (χ3v) is 9.39. The minimum absolute atomic E-state index is 0.0608. The summed E-state index contributed by atoms with van der Waals surface area (Å²) >= 11 is 8.14. The van der Waals surface area contributed by atoms with E-state index in [4.69, 9.17) is 21.3 Å². The number of hydrogen-bond donors (Lipinski definition) is 1. The molecule has 0 spiro atoms. The zero-order valence-electron chi connectivity index (χ0n) is 22.6. The van der Waals surface area contributed by atoms with Crippen LogP contribution in [0.3, 0.4) is 0 Å². The summed E-state index contributed by atoms with van der Waals surface area (Å²) in [6.07, 6.45) is 3.71. The van der Waals surface area contributed by atoms with Crippen LogP contribution < -0.4 is 10.1 Å². The number of ether oxygens (including phenoxy) is 1. The highest BCUT2D eigenvalue weighted by molar-refractivity contribution is 8.18. The van der Waals surface area contributed by atoms with Gasteiger partial charge in [0, 0.05) is 22.9 Å². The number of benzene rings is 3. The number of thioether (sulfide) groups is 2. The first-order valence-corrected chi connectivity index (χ1v) is 15.5. The average molecular weight is 642 g/mol. The average Bonchev–Trinajstić information content (AvgIpc) is 3.51. The van der Waals surface area contributed by atoms with Crippen molar-refractivity contribution in [1.29, 1.82) is 0 Å². The normalized spacial score (nSPS) is 17.3. The predicted octanol–water partition coefficient (Wildman–Crippen LogP) is 8.04. The van der Waals surface area contributed by atoms with Gasteiger partial charge in [-0.2, -0.15) is 0 Å². The zero-order valence-corrected chi connectivity index (χ0v) is 25.0. The minimum atomic E-state index is -0.787. The van der Waals surface area contributed by atoms with Crippen molar-refractivity contribution in [3.8, 4) is 11.4 Å². The summed E-state index contributed by atoms with van der Waals surface area (Å²) in [6.45, 7) is 0. The van der Waals surface area contributed by atoms with Gasteiger partial charge in [0.2, 0.25) is 0 Å². The van der Waals surface area contributed by atoms with Gasteiger partial charge < -0.3 is 4.74 Å². The van der Waals surface area contributed by atoms with Crippen LogP contribution in [0.2, 0.25) is 5.02 Å². The topological polar surface area (TPSA) is 73.2 Å². The van der Waals surface area contributed by atoms with Crippen LogP contribution in [-0.4, -0.2) is 27.8 Å². The number of imide groups is 1. The second kappa shape index (κ2) is 12.1. The SMILES string of the molecule is COc1cc(C2CCCc3nc(SCc4c(F)cc(C=C5SC(=O)NC5=O)cc4F)n(-c4ccc(F)cc4)c32)ccc1Cl. The van der Waals surface area contributed by atoms with Gasteiger partial charge in [-0.1, -0.05) is 29.4 Å². The molecule has 1 aromatic heterocycles. The van der Waals surface area contributed by atoms with Crippen molar-refractivity contribution in [2.75, 3.05) is 7.11 Å². The molecule has 1 saturated heterocycles. The highest BCUT2D eigenvalue weighted by atomic mass is 35.5. The molecule has 0 bridgehead atoms. The van der Waals surface area contributed by atoms with Crippen molar-refractivity contribution in [1.82, 2.24) is 14.9 Å². The standard InChI is InChI=1S/C31H23ClF3N3O3S2/c1-41-26-14-17(5-10-22(26)32)20-3-2-4-25-28(20)38(19-8-6-18(33)7-9-19)30(36-25)42-15-21-23(34)11-16(12-24(21)35)13-27-29(39)37-31(40)43-27/h5-14,20H,2-4,15H2,1H3,(H,37,39,40). The van der Waals surface area contributed by atoms with Gasteiger partial charge in [0.1, 0.15) is 23.2 Å². The Morgan fingerprint density at radius 1 is 1.12 bits per heavy atom. The van der Waals surface area contributed by atoms with Crippen molar-refractivity contribution < 1.29 is 27.5 Å². The predicted molar refractivity (Wildman–Crippen MR) is 161 cm³/mol. The van der Waals surface area contributed by atoms with E-state index in [0.29, 0.717) is 33.4 Å². The lowest BCUT2D eigenvalue weighted by atomic mass is 9.84. The number of hydrogen-bond acceptors (Lipinski definition) is 6. The van der Waals surface area contributed by atoms with Crippen molar-refractivity contribution in [2.24, 2.45) is 0 Å². The Balaban J connectivity index is 1.37. The molecule has 2 heterocycles. The lowest BCUT2D eigenvalue weighted by Crippen LogP contribution is -2.17. The molecule has 4 aromatic rings. The second-order valence-corrected chi connectivity index (χ2v) is 12.3. The van der Waals surface area contributed by atoms with Crippen LogP contribution in [-0.2, 0) is 17.0 Å². The fourth-order valence-corrected chi connectivity index (χ4v) is 7.25. The fourth-order valence-electron chi connectivity index (χ4n) is 5.31. The summed E-state index contributed by atoms with van der Waals surface area (Å²) in [4.78, 5) is 28.2. The van der Waals surface area contributed by atoms with Crippen LogP contribution in [0.25, 0.3) is 11.8 Å². The van der Waals surface area contributed by atoms with Crippen molar-refractivity contribution >= 4 is 52.3 Å². The maximum Gasteiger partial charge on any atom is 0.290 e. The van der Waals surface area contributed by atoms with Crippen molar-refractivity contribution in [3.63, 3.8) is 0 Å². The van der Waals surface area contributed by atoms with E-state index in [1.807, 2.05) is 16.7 Å². The molecule has 6 rings (SSSR count). The summed E-state index contributed by atoms with van der Waals surface area (Å²) in [5.74, 6) is -2.16. The van der Waals surface area contributed by atoms with Crippen LogP contribution in [0, 0.1) is 17.5 Å². The monoisotopic (exact) mass is 641 g/mol. The molecule has 1 aliphatic carbocycles. The number of carbonyl (C=O) groups is 2. The van der Waals surface area contributed by atoms with Gasteiger partial charge in [0.05, 0.1) is 28.4 Å². The second-order valence-electron chi connectivity index (χ2n) is 9.98. The molecule has 43 heavy (non-hydrogen) atoms. The highest BCUT2D eigenvalue weighted by Gasteiger charge is 2.31. The van der Waals surface area contributed by atoms with E-state index >= 15 is 8.78 Å². The zero-order chi connectivity index (χ0) is 30.2. The number of fused-ring (bicyclic) bond motifs is 1. The molecule has 6 nitrogen and oxygen atoms in total. The molecule has 1 atom stereocenters. The number of aryl methyl sites for hydroxylation is 1. The van der Waals surface area contributed by atoms with Crippen molar-refractivity contribution in [2.45, 2.75) is 36.1 Å². The van der Waals surface area contributed by atoms with Gasteiger partial charge >= 0.3 is 0 Å². The summed E-state index contributed by atoms with van der Waals surface area (Å²) in [7, 11) is 1.56. The molecule has 3 aromatic carbocycles. The van der Waals surface area contributed by atoms with E-state index in [9.17, 15) is 14.0 Å². The number of carbonyl (C=O) groups excluding carboxylic acids is 2. The number of nitrogens with zero attached hydrogens (tertiary/aromatic N) is 2. The molecule has 2 amide bonds. The Hall–Kier alpha value is -3.67. The molecule has 0 saturated carbocycles. The maximum absolute atomic E-state index is 15.2. The fraction of sp³-hybridized carbons (Fsp3) is 0.194. The third-order valence-electron chi connectivity index (χ3n) is 7.31. The molecule has 12 heteroatoms. The molecular weight excluding hydrogens is 619 g/mol. The molecule has 1 N–H and O–H groups in total. The minimum Gasteiger partial charge on any atom is -0.495 e. The Kier molecular flexibility index (Phi) is 8.30. The summed E-state index contributed by atoms with van der Waals surface area (Å²) in [5.41, 5.74) is 3.42. The first-order chi connectivity index (χ1) is 20.7. The largest absolute Gasteiger partial charge is 0.495 e. The summed E-state index contributed by atoms with van der Waals surface area (Å²) in [6, 6.07) is 13.9. The summed E-state index contributed by atoms with van der Waals surface area (Å²) < 4.78 is 51.7. The number of nitrogens with one attached hydrogen (secondary N) is 1. The molecule has 0 radical (unpaired) electrons. The number of methoxy groups -OCH3 is 1. The number of imidazole rings is 1. The molecule has 1 aliphatic heterocycles. The van der Waals surface area contributed by atoms with E-state index < -0.39 is 22.8 Å². The van der Waals surface area contributed by atoms with E-state index in [1.54, 1.807) is 25.3 Å². The van der Waals surface area contributed by atoms with E-state index in [2.05, 4.69) is 5.32 Å². The maximum atomic E-state index is 15.2. The molecule has 1 unspecified atom stereocenters. The Bertz CT molecular complexity index is 1770. The van der Waals surface area contributed by atoms with Crippen LogP contribution in [0.15, 0.2) is 64.7 Å². The Labute approximate surface area is 258 Å². The van der Waals surface area contributed by atoms with Crippen LogP contribution in [0.5, 0.6) is 5.75 Å². The first kappa shape index (κ1) is 29.4. The van der Waals surface area contributed by atoms with Gasteiger partial charge in [-0.05, 0) is 96.8 Å². The Morgan fingerprint density at radius 2 is 1.86 bits per heavy atom. The molecule has 220 valence electrons. The van der Waals surface area contributed by atoms with Crippen molar-refractivity contribution in [3.05, 3.63) is 110 Å². The van der Waals surface area contributed by atoms with E-state index in [-0.39, 0.29) is 33.5 Å². The van der Waals surface area contributed by atoms with Crippen LogP contribution in [0.1, 0.15) is 46.8 Å². The smallest absolute Gasteiger partial charge is 0.290 e. The number of rotatable bonds is 7. The molecular formula is C31H23ClF3N3O3S2. The van der Waals surface area contributed by atoms with Gasteiger partial charge in [0.25, 0.3) is 11.1 Å². The van der Waals surface area contributed by atoms with Crippen LogP contribution >= 0.6 is 35.1 Å². The molecule has 2 aliphatic rings. The first-order valence-electron chi connectivity index (χ1n) is 13.3. The number of aromatic nitrogens is 2. The third kappa shape index (κ3) is 5.93. The number of amides is 2. The lowest BCUT2D eigenvalue weighted by Gasteiger charge is -2.26. The highest BCUT2D eigenvalue weighted by Crippen LogP contribution is 2.43. The lowest BCUT2D eigenvalue weighted by molar-refractivity contribution is -0.115. The van der Waals surface area contributed by atoms with Gasteiger partial charge in [-0.3, -0.25) is 19.5 Å². The quantitative estimate of drug-likeness (QED) is 0.163. The van der Waals surface area contributed by atoms with Gasteiger partial charge in [0.15, 0.2) is 5.16 Å². The van der Waals surface area contributed by atoms with E-state index in [1.165, 1.54) is 30.0 Å². The Morgan fingerprint density at radius 3 is 2.53 bits per heavy atom. The van der Waals surface area contributed by atoms with E-state index in [0.717, 1.165) is 48.3 Å². The van der Waals surface area contributed by atoms with Gasteiger partial charge in [-0.15, -0.1) is 0 Å².